The molecule has 1 aromatic rings. The summed E-state index contributed by atoms with van der Waals surface area (Å²) in [6.45, 7) is 1.44. The van der Waals surface area contributed by atoms with Crippen LogP contribution in [-0.2, 0) is 19.4 Å². The third-order valence-corrected chi connectivity index (χ3v) is 5.58. The maximum absolute atomic E-state index is 12.3. The number of sulfone groups is 1. The zero-order valence-electron chi connectivity index (χ0n) is 14.8. The number of esters is 1. The van der Waals surface area contributed by atoms with Crippen LogP contribution in [0.5, 0.6) is 0 Å². The highest BCUT2D eigenvalue weighted by molar-refractivity contribution is 7.90. The monoisotopic (exact) mass is 378 g/mol. The summed E-state index contributed by atoms with van der Waals surface area (Å²) >= 11 is 0. The van der Waals surface area contributed by atoms with Gasteiger partial charge in [0.1, 0.15) is 5.54 Å². The van der Waals surface area contributed by atoms with Gasteiger partial charge in [0.05, 0.1) is 16.5 Å². The van der Waals surface area contributed by atoms with Crippen molar-refractivity contribution in [3.8, 4) is 6.07 Å². The van der Waals surface area contributed by atoms with Gasteiger partial charge in [-0.1, -0.05) is 19.3 Å². The summed E-state index contributed by atoms with van der Waals surface area (Å²) in [4.78, 5) is 24.5. The fourth-order valence-corrected chi connectivity index (χ4v) is 3.51. The number of nitrogens with one attached hydrogen (secondary N) is 1. The lowest BCUT2D eigenvalue weighted by molar-refractivity contribution is -0.130. The Balaban J connectivity index is 2.00. The summed E-state index contributed by atoms with van der Waals surface area (Å²) in [7, 11) is -3.35. The van der Waals surface area contributed by atoms with E-state index in [1.165, 1.54) is 31.2 Å². The summed E-state index contributed by atoms with van der Waals surface area (Å²) in [6.07, 6.45) is 3.95. The second-order valence-electron chi connectivity index (χ2n) is 6.59. The quantitative estimate of drug-likeness (QED) is 0.784. The number of nitriles is 1. The fourth-order valence-electron chi connectivity index (χ4n) is 2.88. The molecule has 1 aliphatic rings. The third-order valence-electron chi connectivity index (χ3n) is 4.45. The number of hydrogen-bond acceptors (Lipinski definition) is 6. The van der Waals surface area contributed by atoms with Crippen molar-refractivity contribution in [1.29, 1.82) is 5.26 Å². The lowest BCUT2D eigenvalue weighted by atomic mass is 9.83. The molecule has 0 bridgehead atoms. The average Bonchev–Trinajstić information content (AvgIpc) is 2.61. The number of ether oxygens (including phenoxy) is 1. The molecule has 1 N–H and O–H groups in total. The van der Waals surface area contributed by atoms with Crippen molar-refractivity contribution < 1.29 is 22.7 Å². The molecule has 0 heterocycles. The first kappa shape index (κ1) is 19.9. The number of nitrogens with zero attached hydrogens (tertiary/aromatic N) is 1. The molecule has 7 nitrogen and oxygen atoms in total. The second-order valence-corrected chi connectivity index (χ2v) is 8.60. The van der Waals surface area contributed by atoms with Gasteiger partial charge < -0.3 is 10.1 Å². The van der Waals surface area contributed by atoms with Gasteiger partial charge in [-0.05, 0) is 44.0 Å². The zero-order chi connectivity index (χ0) is 19.4. The van der Waals surface area contributed by atoms with Gasteiger partial charge in [-0.25, -0.2) is 13.2 Å². The first-order chi connectivity index (χ1) is 12.2. The minimum absolute atomic E-state index is 0.0908. The van der Waals surface area contributed by atoms with Gasteiger partial charge in [0.25, 0.3) is 5.91 Å². The maximum Gasteiger partial charge on any atom is 0.338 e. The zero-order valence-corrected chi connectivity index (χ0v) is 15.6. The Labute approximate surface area is 153 Å². The molecule has 0 aromatic heterocycles. The van der Waals surface area contributed by atoms with Crippen LogP contribution in [0.1, 0.15) is 49.4 Å². The molecule has 0 spiro atoms. The van der Waals surface area contributed by atoms with Crippen LogP contribution in [0.15, 0.2) is 29.2 Å². The molecule has 1 fully saturated rings. The van der Waals surface area contributed by atoms with E-state index >= 15 is 0 Å². The Morgan fingerprint density at radius 1 is 1.19 bits per heavy atom. The third kappa shape index (κ3) is 4.82. The van der Waals surface area contributed by atoms with Gasteiger partial charge in [0, 0.05) is 6.26 Å². The molecule has 8 heteroatoms. The molecule has 0 aliphatic heterocycles. The lowest BCUT2D eigenvalue weighted by Crippen LogP contribution is -2.52. The topological polar surface area (TPSA) is 113 Å². The Morgan fingerprint density at radius 3 is 2.27 bits per heavy atom. The number of amides is 1. The smallest absolute Gasteiger partial charge is 0.338 e. The highest BCUT2D eigenvalue weighted by Crippen LogP contribution is 2.27. The Bertz CT molecular complexity index is 818. The summed E-state index contributed by atoms with van der Waals surface area (Å²) in [5.74, 6) is -1.25. The summed E-state index contributed by atoms with van der Waals surface area (Å²) < 4.78 is 28.0. The van der Waals surface area contributed by atoms with Gasteiger partial charge in [-0.15, -0.1) is 0 Å². The molecule has 0 radical (unpaired) electrons. The molecule has 1 aliphatic carbocycles. The highest BCUT2D eigenvalue weighted by Gasteiger charge is 2.35. The molecule has 26 heavy (non-hydrogen) atoms. The number of carbonyl (C=O) groups excluding carboxylic acids is 2. The van der Waals surface area contributed by atoms with Crippen LogP contribution in [0, 0.1) is 11.3 Å². The number of hydrogen-bond donors (Lipinski definition) is 1. The summed E-state index contributed by atoms with van der Waals surface area (Å²) in [5, 5.41) is 12.1. The van der Waals surface area contributed by atoms with Crippen molar-refractivity contribution >= 4 is 21.7 Å². The molecule has 140 valence electrons. The molecule has 1 atom stereocenters. The summed E-state index contributed by atoms with van der Waals surface area (Å²) in [5.41, 5.74) is -0.752. The van der Waals surface area contributed by atoms with Crippen molar-refractivity contribution in [2.45, 2.75) is 55.6 Å². The van der Waals surface area contributed by atoms with E-state index in [1.807, 2.05) is 0 Å². The van der Waals surface area contributed by atoms with Crippen molar-refractivity contribution in [2.75, 3.05) is 6.26 Å². The van der Waals surface area contributed by atoms with Gasteiger partial charge >= 0.3 is 5.97 Å². The van der Waals surface area contributed by atoms with E-state index in [9.17, 15) is 23.3 Å². The van der Waals surface area contributed by atoms with Crippen molar-refractivity contribution in [2.24, 2.45) is 0 Å². The SMILES string of the molecule is C[C@H](OC(=O)c1ccc(S(C)(=O)=O)cc1)C(=O)NC1(C#N)CCCCC1. The van der Waals surface area contributed by atoms with Gasteiger partial charge in [0.15, 0.2) is 15.9 Å². The maximum atomic E-state index is 12.3. The predicted octanol–water partition coefficient (Wildman–Crippen LogP) is 1.98. The molecular formula is C18H22N2O5S. The van der Waals surface area contributed by atoms with Crippen molar-refractivity contribution in [3.63, 3.8) is 0 Å². The van der Waals surface area contributed by atoms with Crippen LogP contribution in [0.25, 0.3) is 0 Å². The van der Waals surface area contributed by atoms with Crippen molar-refractivity contribution in [1.82, 2.24) is 5.32 Å². The van der Waals surface area contributed by atoms with Crippen molar-refractivity contribution in [3.05, 3.63) is 29.8 Å². The fraction of sp³-hybridized carbons (Fsp3) is 0.500. The summed E-state index contributed by atoms with van der Waals surface area (Å²) in [6, 6.07) is 7.47. The Morgan fingerprint density at radius 2 is 1.77 bits per heavy atom. The molecule has 1 amide bonds. The van der Waals surface area contributed by atoms with Gasteiger partial charge in [0.2, 0.25) is 0 Å². The molecule has 1 saturated carbocycles. The number of rotatable bonds is 5. The minimum Gasteiger partial charge on any atom is -0.449 e. The van der Waals surface area contributed by atoms with Gasteiger partial charge in [-0.2, -0.15) is 5.26 Å². The van der Waals surface area contributed by atoms with E-state index < -0.39 is 33.4 Å². The van der Waals surface area contributed by atoms with Crippen LogP contribution < -0.4 is 5.32 Å². The minimum atomic E-state index is -3.35. The van der Waals surface area contributed by atoms with E-state index in [0.717, 1.165) is 25.5 Å². The molecule has 0 unspecified atom stereocenters. The van der Waals surface area contributed by atoms with E-state index in [0.29, 0.717) is 12.8 Å². The van der Waals surface area contributed by atoms with Crippen LogP contribution >= 0.6 is 0 Å². The standard InChI is InChI=1S/C18H22N2O5S/c1-13(16(21)20-18(12-19)10-4-3-5-11-18)25-17(22)14-6-8-15(9-7-14)26(2,23)24/h6-9,13H,3-5,10-11H2,1-2H3,(H,20,21)/t13-/m0/s1. The van der Waals surface area contributed by atoms with E-state index in [1.54, 1.807) is 0 Å². The number of carbonyl (C=O) groups is 2. The molecular weight excluding hydrogens is 356 g/mol. The van der Waals surface area contributed by atoms with Crippen LogP contribution in [0.2, 0.25) is 0 Å². The molecule has 1 aromatic carbocycles. The first-order valence-electron chi connectivity index (χ1n) is 8.41. The Kier molecular flexibility index (Phi) is 6.03. The lowest BCUT2D eigenvalue weighted by Gasteiger charge is -2.32. The second kappa shape index (κ2) is 7.87. The van der Waals surface area contributed by atoms with Gasteiger partial charge in [-0.3, -0.25) is 4.79 Å². The normalized spacial score (nSPS) is 17.6. The highest BCUT2D eigenvalue weighted by atomic mass is 32.2. The van der Waals surface area contributed by atoms with E-state index in [4.69, 9.17) is 4.74 Å². The predicted molar refractivity (Wildman–Crippen MR) is 94.0 cm³/mol. The van der Waals surface area contributed by atoms with Crippen LogP contribution in [0.4, 0.5) is 0 Å². The van der Waals surface area contributed by atoms with E-state index in [2.05, 4.69) is 11.4 Å². The largest absolute Gasteiger partial charge is 0.449 e. The first-order valence-corrected chi connectivity index (χ1v) is 10.3. The molecule has 0 saturated heterocycles. The van der Waals surface area contributed by atoms with Crippen LogP contribution in [0.3, 0.4) is 0 Å². The Hall–Kier alpha value is -2.40. The average molecular weight is 378 g/mol. The van der Waals surface area contributed by atoms with Crippen LogP contribution in [-0.4, -0.2) is 38.2 Å². The van der Waals surface area contributed by atoms with E-state index in [-0.39, 0.29) is 10.5 Å². The molecule has 2 rings (SSSR count). The number of benzene rings is 1.